The number of amides is 1. The van der Waals surface area contributed by atoms with Gasteiger partial charge in [0.25, 0.3) is 5.91 Å². The topological polar surface area (TPSA) is 89.5 Å². The van der Waals surface area contributed by atoms with Crippen LogP contribution in [0.15, 0.2) is 41.6 Å². The van der Waals surface area contributed by atoms with E-state index < -0.39 is 66.8 Å². The van der Waals surface area contributed by atoms with E-state index in [-0.39, 0.29) is 5.01 Å². The molecule has 0 atom stereocenters. The van der Waals surface area contributed by atoms with Crippen LogP contribution in [0.2, 0.25) is 0 Å². The molecule has 3 aromatic rings. The summed E-state index contributed by atoms with van der Waals surface area (Å²) in [5, 5.41) is 0.0530. The van der Waals surface area contributed by atoms with E-state index in [1.54, 1.807) is 0 Å². The highest BCUT2D eigenvalue weighted by Gasteiger charge is 2.32. The number of rotatable bonds is 6. The molecular weight excluding hydrogens is 493 g/mol. The first-order valence-electron chi connectivity index (χ1n) is 8.87. The molecule has 0 saturated heterocycles. The van der Waals surface area contributed by atoms with Crippen LogP contribution in [0.3, 0.4) is 0 Å². The first kappa shape index (κ1) is 24.5. The maximum Gasteiger partial charge on any atom is 0.416 e. The predicted molar refractivity (Wildman–Crippen MR) is 107 cm³/mol. The van der Waals surface area contributed by atoms with Crippen molar-refractivity contribution in [1.29, 1.82) is 0 Å². The molecule has 33 heavy (non-hydrogen) atoms. The van der Waals surface area contributed by atoms with E-state index in [1.807, 2.05) is 0 Å². The van der Waals surface area contributed by atoms with Crippen LogP contribution >= 0.6 is 11.5 Å². The summed E-state index contributed by atoms with van der Waals surface area (Å²) >= 11 is 0.764. The highest BCUT2D eigenvalue weighted by Crippen LogP contribution is 2.36. The number of nitrogens with zero attached hydrogens (tertiary/aromatic N) is 3. The number of hydrogen-bond donors (Lipinski definition) is 0. The van der Waals surface area contributed by atoms with Crippen molar-refractivity contribution in [2.75, 3.05) is 14.1 Å². The molecule has 1 aromatic heterocycles. The van der Waals surface area contributed by atoms with Crippen LogP contribution in [0.1, 0.15) is 20.9 Å². The van der Waals surface area contributed by atoms with Crippen molar-refractivity contribution in [2.45, 2.75) is 16.8 Å². The molecule has 0 spiro atoms. The normalized spacial score (nSPS) is 12.0. The van der Waals surface area contributed by atoms with E-state index in [2.05, 4.69) is 9.36 Å². The molecule has 0 radical (unpaired) electrons. The molecule has 176 valence electrons. The second-order valence-corrected chi connectivity index (χ2v) is 9.68. The Kier molecular flexibility index (Phi) is 6.70. The monoisotopic (exact) mass is 507 g/mol. The maximum atomic E-state index is 14.6. The molecule has 0 aliphatic heterocycles. The molecule has 0 aliphatic rings. The lowest BCUT2D eigenvalue weighted by Crippen LogP contribution is -2.22. The number of carbonyl (C=O) groups is 1. The maximum absolute atomic E-state index is 14.6. The van der Waals surface area contributed by atoms with Crippen LogP contribution in [-0.2, 0) is 21.8 Å². The SMILES string of the molecule is CN(C)C(=O)c1cc(Oc2cc(F)c(S(=O)(=O)Cc3ncns3)cc2F)cc(C(F)(F)F)c1. The van der Waals surface area contributed by atoms with Crippen molar-refractivity contribution < 1.29 is 39.9 Å². The molecule has 1 heterocycles. The fourth-order valence-electron chi connectivity index (χ4n) is 2.66. The summed E-state index contributed by atoms with van der Waals surface area (Å²) in [5.41, 5.74) is -1.65. The summed E-state index contributed by atoms with van der Waals surface area (Å²) in [4.78, 5) is 15.9. The second kappa shape index (κ2) is 9.02. The lowest BCUT2D eigenvalue weighted by Gasteiger charge is -2.16. The van der Waals surface area contributed by atoms with Crippen LogP contribution in [0.25, 0.3) is 0 Å². The van der Waals surface area contributed by atoms with Crippen LogP contribution in [0.4, 0.5) is 22.0 Å². The highest BCUT2D eigenvalue weighted by atomic mass is 32.2. The van der Waals surface area contributed by atoms with Gasteiger partial charge in [-0.1, -0.05) is 0 Å². The van der Waals surface area contributed by atoms with E-state index in [9.17, 15) is 35.2 Å². The number of halogens is 5. The number of aromatic nitrogens is 2. The van der Waals surface area contributed by atoms with Gasteiger partial charge < -0.3 is 9.64 Å². The average Bonchev–Trinajstić information content (AvgIpc) is 3.21. The van der Waals surface area contributed by atoms with Gasteiger partial charge in [-0.05, 0) is 35.8 Å². The molecular formula is C19H14F5N3O4S2. The number of ether oxygens (including phenoxy) is 1. The number of benzene rings is 2. The van der Waals surface area contributed by atoms with Crippen molar-refractivity contribution in [3.8, 4) is 11.5 Å². The zero-order chi connectivity index (χ0) is 24.6. The van der Waals surface area contributed by atoms with Gasteiger partial charge in [0.05, 0.1) is 5.56 Å². The van der Waals surface area contributed by atoms with Crippen LogP contribution < -0.4 is 4.74 Å². The Morgan fingerprint density at radius 2 is 1.79 bits per heavy atom. The Hall–Kier alpha value is -3.13. The molecule has 14 heteroatoms. The van der Waals surface area contributed by atoms with Gasteiger partial charge in [0.15, 0.2) is 21.4 Å². The van der Waals surface area contributed by atoms with Crippen LogP contribution in [0, 0.1) is 11.6 Å². The van der Waals surface area contributed by atoms with Gasteiger partial charge in [0.2, 0.25) is 0 Å². The molecule has 0 bridgehead atoms. The van der Waals surface area contributed by atoms with E-state index in [1.165, 1.54) is 14.1 Å². The molecule has 3 rings (SSSR count). The van der Waals surface area contributed by atoms with Gasteiger partial charge in [-0.2, -0.15) is 17.5 Å². The zero-order valence-corrected chi connectivity index (χ0v) is 18.5. The minimum Gasteiger partial charge on any atom is -0.454 e. The van der Waals surface area contributed by atoms with Crippen LogP contribution in [0.5, 0.6) is 11.5 Å². The smallest absolute Gasteiger partial charge is 0.416 e. The quantitative estimate of drug-likeness (QED) is 0.462. The van der Waals surface area contributed by atoms with E-state index >= 15 is 0 Å². The lowest BCUT2D eigenvalue weighted by molar-refractivity contribution is -0.137. The third kappa shape index (κ3) is 5.63. The predicted octanol–water partition coefficient (Wildman–Crippen LogP) is 4.30. The third-order valence-electron chi connectivity index (χ3n) is 4.16. The molecule has 7 nitrogen and oxygen atoms in total. The second-order valence-electron chi connectivity index (χ2n) is 6.85. The summed E-state index contributed by atoms with van der Waals surface area (Å²) < 4.78 is 102. The number of sulfone groups is 1. The summed E-state index contributed by atoms with van der Waals surface area (Å²) in [5.74, 6) is -5.70. The van der Waals surface area contributed by atoms with Crippen molar-refractivity contribution in [1.82, 2.24) is 14.3 Å². The Bertz CT molecular complexity index is 1290. The minimum atomic E-state index is -4.85. The molecule has 0 N–H and O–H groups in total. The van der Waals surface area contributed by atoms with Gasteiger partial charge >= 0.3 is 6.18 Å². The van der Waals surface area contributed by atoms with Crippen LogP contribution in [-0.4, -0.2) is 42.7 Å². The van der Waals surface area contributed by atoms with Crippen molar-refractivity contribution in [3.63, 3.8) is 0 Å². The summed E-state index contributed by atoms with van der Waals surface area (Å²) in [6, 6.07) is 2.78. The molecule has 0 aliphatic carbocycles. The Morgan fingerprint density at radius 1 is 1.09 bits per heavy atom. The fraction of sp³-hybridized carbons (Fsp3) is 0.211. The fourth-order valence-corrected chi connectivity index (χ4v) is 4.84. The molecule has 0 unspecified atom stereocenters. The Labute approximate surface area is 188 Å². The van der Waals surface area contributed by atoms with Gasteiger partial charge in [-0.15, -0.1) is 0 Å². The number of carbonyl (C=O) groups excluding carboxylic acids is 1. The highest BCUT2D eigenvalue weighted by molar-refractivity contribution is 7.90. The number of hydrogen-bond acceptors (Lipinski definition) is 7. The standard InChI is InChI=1S/C19H14F5N3O4S2/c1-27(2)18(28)10-3-11(19(22,23)24)5-12(4-10)31-15-6-14(21)16(7-13(15)20)33(29,30)8-17-25-9-26-32-17/h3-7,9H,8H2,1-2H3. The van der Waals surface area contributed by atoms with Crippen molar-refractivity contribution in [2.24, 2.45) is 0 Å². The van der Waals surface area contributed by atoms with Gasteiger partial charge in [0, 0.05) is 25.7 Å². The number of alkyl halides is 3. The van der Waals surface area contributed by atoms with Gasteiger partial charge in [0.1, 0.15) is 33.6 Å². The Morgan fingerprint density at radius 3 is 2.36 bits per heavy atom. The molecule has 1 amide bonds. The first-order valence-corrected chi connectivity index (χ1v) is 11.3. The van der Waals surface area contributed by atoms with Crippen molar-refractivity contribution in [3.05, 3.63) is 64.4 Å². The van der Waals surface area contributed by atoms with Gasteiger partial charge in [-0.3, -0.25) is 4.79 Å². The van der Waals surface area contributed by atoms with Gasteiger partial charge in [-0.25, -0.2) is 22.2 Å². The largest absolute Gasteiger partial charge is 0.454 e. The average molecular weight is 507 g/mol. The summed E-state index contributed by atoms with van der Waals surface area (Å²) in [6.45, 7) is 0. The summed E-state index contributed by atoms with van der Waals surface area (Å²) in [7, 11) is -1.70. The molecule has 0 fully saturated rings. The molecule has 2 aromatic carbocycles. The van der Waals surface area contributed by atoms with E-state index in [0.717, 1.165) is 28.8 Å². The Balaban J connectivity index is 1.99. The minimum absolute atomic E-state index is 0.0530. The zero-order valence-electron chi connectivity index (χ0n) is 16.9. The molecule has 0 saturated carbocycles. The first-order chi connectivity index (χ1) is 15.3. The lowest BCUT2D eigenvalue weighted by atomic mass is 10.1. The van der Waals surface area contributed by atoms with E-state index in [4.69, 9.17) is 4.74 Å². The van der Waals surface area contributed by atoms with E-state index in [0.29, 0.717) is 24.3 Å². The van der Waals surface area contributed by atoms with Crippen molar-refractivity contribution >= 4 is 27.3 Å². The summed E-state index contributed by atoms with van der Waals surface area (Å²) in [6.07, 6.45) is -3.75. The third-order valence-corrected chi connectivity index (χ3v) is 6.64.